The lowest BCUT2D eigenvalue weighted by molar-refractivity contribution is -0.151. The first-order valence-corrected chi connectivity index (χ1v) is 37.6. The van der Waals surface area contributed by atoms with Crippen molar-refractivity contribution in [3.05, 3.63) is 134 Å². The molecule has 4 saturated heterocycles. The summed E-state index contributed by atoms with van der Waals surface area (Å²) in [6.07, 6.45) is 14.7. The van der Waals surface area contributed by atoms with Crippen molar-refractivity contribution in [1.82, 2.24) is 35.3 Å². The normalized spacial score (nSPS) is 19.1. The summed E-state index contributed by atoms with van der Waals surface area (Å²) in [5.74, 6) is 0.0554. The van der Waals surface area contributed by atoms with Gasteiger partial charge in [-0.3, -0.25) is 28.9 Å². The van der Waals surface area contributed by atoms with E-state index in [4.69, 9.17) is 52.7 Å². The maximum Gasteiger partial charge on any atom is 0.410 e. The molecule has 5 amide bonds. The third-order valence-corrected chi connectivity index (χ3v) is 23.4. The standard InChI is InChI=1S/C34H45Br2ClN5O6P.C19H19Br2ClN2.C14H23NO4.3CH4/c1-3-47-49(46,48-4-2)16-11-39-32(44)34(9-14-42(15-10-34)33(38)45)20-28(43)41-12-7-22(8-13-41)30-29-23(18-26(37)19-27(29)36)5-6-24-17-25(35)21-40-31(24)30;20-14-7-13-2-1-12-8-15(22)9-16(21)17(12)18(19(13)24-10-14)11-3-5-23-6-4-11;1-5-6-14(11(16)17)7-9-15(10-8-14)12(18)19-13(2,3)4;;;/h17-19,21-22,30H,3-16,20H2,1-2H3,(H2,38,45)(H,39,44);7-11,18,23H,1-6H2;5H,1,6-10H2,2-4H3,(H,16,17);3*1H4/t30-;18-;;;;/m11..../s1. The average Bonchev–Trinajstić information content (AvgIpc) is 1.73. The van der Waals surface area contributed by atoms with Crippen LogP contribution in [-0.2, 0) is 58.4 Å². The summed E-state index contributed by atoms with van der Waals surface area (Å²) in [5.41, 5.74) is 13.3. The summed E-state index contributed by atoms with van der Waals surface area (Å²) in [4.78, 5) is 77.7. The number of rotatable bonds is 15. The number of benzene rings is 2. The Balaban J connectivity index is 0.000000294. The van der Waals surface area contributed by atoms with Crippen molar-refractivity contribution in [1.29, 1.82) is 0 Å². The first kappa shape index (κ1) is 81.7. The molecule has 18 nitrogen and oxygen atoms in total. The quantitative estimate of drug-likeness (QED) is 0.0641. The lowest BCUT2D eigenvalue weighted by Gasteiger charge is -2.42. The SMILES string of the molecule is C.C.C.C=CCC1(C(=O)O)CCN(C(=O)OC(C)(C)C)CC1.CCOP(=O)(CCNC(=O)C1(CC(=O)N2CCC([C@H]3c4ncc(Br)cc4CCc4cc(Cl)cc(Br)c43)CC2)CCN(C(N)=O)CC1)OCC.Clc1cc(Br)c2c(c1)CCc1cc(Br)cnc1[C@@H]2C1CCNCC1. The molecule has 5 N–H and O–H groups in total. The number of carbonyl (C=O) groups is 5. The number of carboxylic acid groups (broad SMARTS) is 1. The third kappa shape index (κ3) is 20.8. The van der Waals surface area contributed by atoms with Crippen LogP contribution in [0.2, 0.25) is 10.0 Å². The van der Waals surface area contributed by atoms with Crippen LogP contribution < -0.4 is 16.4 Å². The largest absolute Gasteiger partial charge is 0.481 e. The molecular weight excluding hydrogens is 1530 g/mol. The number of fused-ring (bicyclic) bond motifs is 4. The Hall–Kier alpha value is -3.96. The van der Waals surface area contributed by atoms with E-state index in [0.29, 0.717) is 75.1 Å². The van der Waals surface area contributed by atoms with Crippen molar-refractivity contribution in [3.8, 4) is 0 Å². The van der Waals surface area contributed by atoms with E-state index >= 15 is 0 Å². The summed E-state index contributed by atoms with van der Waals surface area (Å²) >= 11 is 27.7. The monoisotopic (exact) mass is 1630 g/mol. The van der Waals surface area contributed by atoms with Crippen LogP contribution >= 0.6 is 94.5 Å². The molecule has 0 radical (unpaired) electrons. The van der Waals surface area contributed by atoms with Crippen molar-refractivity contribution in [2.45, 2.75) is 164 Å². The van der Waals surface area contributed by atoms with E-state index in [9.17, 15) is 33.6 Å². The van der Waals surface area contributed by atoms with E-state index in [-0.39, 0.29) is 97.5 Å². The maximum absolute atomic E-state index is 14.0. The Kier molecular flexibility index (Phi) is 31.3. The van der Waals surface area contributed by atoms with Gasteiger partial charge >= 0.3 is 25.7 Å². The van der Waals surface area contributed by atoms with Gasteiger partial charge in [0.25, 0.3) is 0 Å². The van der Waals surface area contributed by atoms with Gasteiger partial charge < -0.3 is 50.0 Å². The Morgan fingerprint density at radius 3 is 1.60 bits per heavy atom. The van der Waals surface area contributed by atoms with Crippen LogP contribution in [0.4, 0.5) is 9.59 Å². The lowest BCUT2D eigenvalue weighted by atomic mass is 9.73. The number of aryl methyl sites for hydroxylation is 4. The van der Waals surface area contributed by atoms with Crippen LogP contribution in [0.25, 0.3) is 0 Å². The molecule has 4 aliphatic heterocycles. The van der Waals surface area contributed by atoms with Crippen LogP contribution in [-0.4, -0.2) is 144 Å². The topological polar surface area (TPSA) is 236 Å². The fourth-order valence-corrected chi connectivity index (χ4v) is 18.5. The van der Waals surface area contributed by atoms with E-state index in [0.717, 1.165) is 80.2 Å². The minimum Gasteiger partial charge on any atom is -0.481 e. The Labute approximate surface area is 607 Å². The van der Waals surface area contributed by atoms with Crippen LogP contribution in [0.5, 0.6) is 0 Å². The second-order valence-electron chi connectivity index (χ2n) is 25.8. The number of amides is 5. The second-order valence-corrected chi connectivity index (χ2v) is 32.4. The van der Waals surface area contributed by atoms with Gasteiger partial charge in [0.2, 0.25) is 11.8 Å². The number of likely N-dealkylation sites (tertiary alicyclic amines) is 3. The van der Waals surface area contributed by atoms with Crippen molar-refractivity contribution in [3.63, 3.8) is 0 Å². The van der Waals surface area contributed by atoms with Crippen LogP contribution in [0.1, 0.15) is 178 Å². The number of carbonyl (C=O) groups excluding carboxylic acids is 4. The molecule has 2 atom stereocenters. The molecule has 0 spiro atoms. The molecule has 526 valence electrons. The summed E-state index contributed by atoms with van der Waals surface area (Å²) in [5, 5.41) is 17.2. The van der Waals surface area contributed by atoms with E-state index < -0.39 is 36.0 Å². The molecule has 2 aliphatic carbocycles. The number of pyridine rings is 2. The van der Waals surface area contributed by atoms with Crippen LogP contribution in [0, 0.1) is 22.7 Å². The number of carboxylic acids is 1. The number of urea groups is 1. The Morgan fingerprint density at radius 1 is 0.705 bits per heavy atom. The van der Waals surface area contributed by atoms with E-state index in [2.05, 4.69) is 105 Å². The molecule has 4 fully saturated rings. The van der Waals surface area contributed by atoms with Gasteiger partial charge in [0.1, 0.15) is 5.60 Å². The zero-order chi connectivity index (χ0) is 66.7. The number of nitrogens with two attached hydrogens (primary N) is 1. The highest BCUT2D eigenvalue weighted by atomic mass is 79.9. The van der Waals surface area contributed by atoms with Crippen molar-refractivity contribution < 1.29 is 47.4 Å². The summed E-state index contributed by atoms with van der Waals surface area (Å²) < 4.78 is 33.1. The Morgan fingerprint density at radius 2 is 1.16 bits per heavy atom. The highest BCUT2D eigenvalue weighted by Gasteiger charge is 2.47. The minimum absolute atomic E-state index is 0. The average molecular weight is 1630 g/mol. The molecule has 0 saturated carbocycles. The number of aliphatic carboxylic acids is 1. The van der Waals surface area contributed by atoms with E-state index in [1.807, 2.05) is 50.2 Å². The number of hydrogen-bond acceptors (Lipinski definition) is 12. The Bertz CT molecular complexity index is 3360. The maximum atomic E-state index is 14.0. The number of ether oxygens (including phenoxy) is 1. The zero-order valence-corrected chi connectivity index (χ0v) is 62.0. The molecule has 0 unspecified atom stereocenters. The first-order valence-electron chi connectivity index (χ1n) is 32.0. The third-order valence-electron chi connectivity index (χ3n) is 18.7. The molecule has 4 aromatic rings. The molecule has 95 heavy (non-hydrogen) atoms. The van der Waals surface area contributed by atoms with Gasteiger partial charge in [-0.1, -0.05) is 83.4 Å². The molecule has 0 bridgehead atoms. The van der Waals surface area contributed by atoms with Gasteiger partial charge in [-0.15, -0.1) is 6.58 Å². The van der Waals surface area contributed by atoms with Gasteiger partial charge in [-0.05, 0) is 245 Å². The number of hydrogen-bond donors (Lipinski definition) is 4. The molecular formula is C70H99Br4Cl2N8O10P. The van der Waals surface area contributed by atoms with Crippen molar-refractivity contribution >= 4 is 124 Å². The number of piperidine rings is 4. The fraction of sp³-hybridized carbons (Fsp3) is 0.586. The number of nitrogens with zero attached hydrogens (tertiary/aromatic N) is 5. The van der Waals surface area contributed by atoms with Crippen molar-refractivity contribution in [2.75, 3.05) is 78.3 Å². The van der Waals surface area contributed by atoms with Gasteiger partial charge in [0, 0.05) is 104 Å². The number of halogens is 6. The molecule has 25 heteroatoms. The van der Waals surface area contributed by atoms with Gasteiger partial charge in [-0.25, -0.2) is 9.59 Å². The molecule has 6 aliphatic rings. The summed E-state index contributed by atoms with van der Waals surface area (Å²) in [6.45, 7) is 17.7. The van der Waals surface area contributed by atoms with E-state index in [1.54, 1.807) is 24.8 Å². The molecule has 2 aromatic heterocycles. The van der Waals surface area contributed by atoms with Crippen LogP contribution in [0.3, 0.4) is 0 Å². The summed E-state index contributed by atoms with van der Waals surface area (Å²) in [6, 6.07) is 12.1. The number of aromatic nitrogens is 2. The number of allylic oxidation sites excluding steroid dienone is 1. The predicted octanol–water partition coefficient (Wildman–Crippen LogP) is 16.7. The highest BCUT2D eigenvalue weighted by molar-refractivity contribution is 9.11. The fourth-order valence-electron chi connectivity index (χ4n) is 14.0. The lowest BCUT2D eigenvalue weighted by Crippen LogP contribution is -2.53. The minimum atomic E-state index is -3.36. The first-order chi connectivity index (χ1) is 43.7. The zero-order valence-electron chi connectivity index (χ0n) is 53.2. The van der Waals surface area contributed by atoms with Gasteiger partial charge in [0.05, 0.1) is 41.6 Å². The summed E-state index contributed by atoms with van der Waals surface area (Å²) in [7, 11) is -3.36. The molecule has 6 heterocycles. The number of nitrogens with one attached hydrogen (secondary N) is 2. The van der Waals surface area contributed by atoms with Crippen LogP contribution in [0.15, 0.2) is 79.3 Å². The van der Waals surface area contributed by atoms with Gasteiger partial charge in [-0.2, -0.15) is 0 Å². The smallest absolute Gasteiger partial charge is 0.410 e. The number of primary amides is 1. The van der Waals surface area contributed by atoms with Crippen molar-refractivity contribution in [2.24, 2.45) is 28.4 Å². The highest BCUT2D eigenvalue weighted by Crippen LogP contribution is 2.50. The second kappa shape index (κ2) is 36.4. The van der Waals surface area contributed by atoms with E-state index in [1.165, 1.54) is 56.8 Å². The molecule has 2 aromatic carbocycles. The molecule has 10 rings (SSSR count). The predicted molar refractivity (Wildman–Crippen MR) is 394 cm³/mol. The van der Waals surface area contributed by atoms with Gasteiger partial charge in [0.15, 0.2) is 0 Å².